The topological polar surface area (TPSA) is 56.2 Å². The molecule has 4 rings (SSSR count). The summed E-state index contributed by atoms with van der Waals surface area (Å²) in [4.78, 5) is 20.0. The van der Waals surface area contributed by atoms with Crippen LogP contribution < -0.4 is 5.69 Å². The van der Waals surface area contributed by atoms with Crippen molar-refractivity contribution in [1.29, 1.82) is 0 Å². The van der Waals surface area contributed by atoms with Crippen LogP contribution in [0.15, 0.2) is 46.1 Å². The lowest BCUT2D eigenvalue weighted by molar-refractivity contribution is 0.314. The molecule has 0 spiro atoms. The van der Waals surface area contributed by atoms with Crippen molar-refractivity contribution >= 4 is 11.2 Å². The van der Waals surface area contributed by atoms with Crippen molar-refractivity contribution in [1.82, 2.24) is 19.0 Å². The van der Waals surface area contributed by atoms with Crippen LogP contribution >= 0.6 is 0 Å². The number of rotatable bonds is 5. The molecule has 1 atom stereocenters. The van der Waals surface area contributed by atoms with Crippen LogP contribution in [0.2, 0.25) is 0 Å². The summed E-state index contributed by atoms with van der Waals surface area (Å²) in [5.74, 6) is 0.415. The predicted octanol–water partition coefficient (Wildman–Crippen LogP) is 2.89. The molecule has 0 aromatic carbocycles. The molecule has 1 aliphatic heterocycles. The maximum atomic E-state index is 13.1. The molecule has 0 aliphatic carbocycles. The SMILES string of the molecule is CC(C)Cn1c(=O)n([C@@H]2CCN(Cc3ccoc3)C2)c2ncccc21. The first kappa shape index (κ1) is 16.1. The van der Waals surface area contributed by atoms with Gasteiger partial charge in [0.25, 0.3) is 0 Å². The zero-order valence-corrected chi connectivity index (χ0v) is 14.8. The summed E-state index contributed by atoms with van der Waals surface area (Å²) in [6.45, 7) is 7.69. The molecule has 1 saturated heterocycles. The highest BCUT2D eigenvalue weighted by Gasteiger charge is 2.28. The quantitative estimate of drug-likeness (QED) is 0.717. The van der Waals surface area contributed by atoms with Crippen molar-refractivity contribution in [3.8, 4) is 0 Å². The number of fused-ring (bicyclic) bond motifs is 1. The Morgan fingerprint density at radius 2 is 2.24 bits per heavy atom. The van der Waals surface area contributed by atoms with E-state index in [9.17, 15) is 4.79 Å². The Morgan fingerprint density at radius 1 is 1.36 bits per heavy atom. The molecule has 1 aliphatic rings. The van der Waals surface area contributed by atoms with Crippen LogP contribution in [0.4, 0.5) is 0 Å². The average Bonchev–Trinajstić information content (AvgIpc) is 3.30. The van der Waals surface area contributed by atoms with Gasteiger partial charge in [-0.05, 0) is 30.5 Å². The molecule has 0 N–H and O–H groups in total. The van der Waals surface area contributed by atoms with Crippen molar-refractivity contribution in [2.24, 2.45) is 5.92 Å². The van der Waals surface area contributed by atoms with E-state index in [0.717, 1.165) is 43.8 Å². The van der Waals surface area contributed by atoms with Crippen molar-refractivity contribution in [3.63, 3.8) is 0 Å². The molecule has 0 saturated carbocycles. The number of hydrogen-bond acceptors (Lipinski definition) is 4. The van der Waals surface area contributed by atoms with Gasteiger partial charge in [0.15, 0.2) is 5.65 Å². The van der Waals surface area contributed by atoms with Gasteiger partial charge in [0.2, 0.25) is 0 Å². The molecule has 6 nitrogen and oxygen atoms in total. The third-order valence-corrected chi connectivity index (χ3v) is 4.87. The molecule has 0 bridgehead atoms. The summed E-state index contributed by atoms with van der Waals surface area (Å²) in [7, 11) is 0. The minimum absolute atomic E-state index is 0.0672. The molecule has 0 unspecified atom stereocenters. The molecular formula is C19H24N4O2. The van der Waals surface area contributed by atoms with Gasteiger partial charge in [-0.3, -0.25) is 14.0 Å². The van der Waals surface area contributed by atoms with Crippen molar-refractivity contribution in [2.75, 3.05) is 13.1 Å². The standard InChI is InChI=1S/C19H24N4O2/c1-14(2)10-22-17-4-3-7-20-18(17)23(19(22)24)16-5-8-21(12-16)11-15-6-9-25-13-15/h3-4,6-7,9,13-14,16H,5,8,10-12H2,1-2H3/t16-/m1/s1. The van der Waals surface area contributed by atoms with Gasteiger partial charge in [-0.2, -0.15) is 0 Å². The van der Waals surface area contributed by atoms with Gasteiger partial charge >= 0.3 is 5.69 Å². The maximum absolute atomic E-state index is 13.1. The van der Waals surface area contributed by atoms with Crippen LogP contribution in [0, 0.1) is 5.92 Å². The zero-order chi connectivity index (χ0) is 17.4. The minimum atomic E-state index is 0.0672. The van der Waals surface area contributed by atoms with Gasteiger partial charge in [0.1, 0.15) is 0 Å². The maximum Gasteiger partial charge on any atom is 0.330 e. The van der Waals surface area contributed by atoms with Gasteiger partial charge in [0, 0.05) is 37.9 Å². The Balaban J connectivity index is 1.65. The van der Waals surface area contributed by atoms with Gasteiger partial charge < -0.3 is 4.42 Å². The molecule has 4 heterocycles. The Morgan fingerprint density at radius 3 is 3.00 bits per heavy atom. The van der Waals surface area contributed by atoms with E-state index in [1.165, 1.54) is 5.56 Å². The number of pyridine rings is 1. The molecule has 1 fully saturated rings. The second kappa shape index (κ2) is 6.52. The van der Waals surface area contributed by atoms with Crippen LogP contribution in [-0.2, 0) is 13.1 Å². The van der Waals surface area contributed by atoms with E-state index in [4.69, 9.17) is 4.42 Å². The second-order valence-corrected chi connectivity index (χ2v) is 7.31. The Hall–Kier alpha value is -2.34. The fourth-order valence-corrected chi connectivity index (χ4v) is 3.79. The van der Waals surface area contributed by atoms with E-state index in [2.05, 4.69) is 23.7 Å². The number of aromatic nitrogens is 3. The molecule has 132 valence electrons. The predicted molar refractivity (Wildman–Crippen MR) is 96.5 cm³/mol. The normalized spacial score (nSPS) is 18.6. The van der Waals surface area contributed by atoms with Crippen LogP contribution in [0.25, 0.3) is 11.2 Å². The lowest BCUT2D eigenvalue weighted by Crippen LogP contribution is -2.30. The Labute approximate surface area is 146 Å². The monoisotopic (exact) mass is 340 g/mol. The molecule has 6 heteroatoms. The van der Waals surface area contributed by atoms with E-state index in [1.807, 2.05) is 27.3 Å². The van der Waals surface area contributed by atoms with E-state index < -0.39 is 0 Å². The number of imidazole rings is 1. The van der Waals surface area contributed by atoms with Gasteiger partial charge in [-0.1, -0.05) is 13.8 Å². The van der Waals surface area contributed by atoms with Crippen LogP contribution in [0.1, 0.15) is 31.9 Å². The second-order valence-electron chi connectivity index (χ2n) is 7.31. The van der Waals surface area contributed by atoms with Gasteiger partial charge in [-0.15, -0.1) is 0 Å². The number of likely N-dealkylation sites (tertiary alicyclic amines) is 1. The first-order chi connectivity index (χ1) is 12.1. The molecule has 0 radical (unpaired) electrons. The third kappa shape index (κ3) is 3.02. The van der Waals surface area contributed by atoms with Crippen molar-refractivity contribution in [3.05, 3.63) is 53.0 Å². The Bertz CT molecular complexity index is 907. The number of hydrogen-bond donors (Lipinski definition) is 0. The zero-order valence-electron chi connectivity index (χ0n) is 14.8. The highest BCUT2D eigenvalue weighted by atomic mass is 16.3. The summed E-state index contributed by atoms with van der Waals surface area (Å²) in [5.41, 5.74) is 2.99. The Kier molecular flexibility index (Phi) is 4.21. The van der Waals surface area contributed by atoms with E-state index >= 15 is 0 Å². The summed E-state index contributed by atoms with van der Waals surface area (Å²) in [6, 6.07) is 6.07. The first-order valence-electron chi connectivity index (χ1n) is 8.92. The summed E-state index contributed by atoms with van der Waals surface area (Å²) in [5, 5.41) is 0. The van der Waals surface area contributed by atoms with E-state index in [0.29, 0.717) is 5.92 Å². The highest BCUT2D eigenvalue weighted by molar-refractivity contribution is 5.71. The average molecular weight is 340 g/mol. The fraction of sp³-hybridized carbons (Fsp3) is 0.474. The van der Waals surface area contributed by atoms with Crippen LogP contribution in [0.5, 0.6) is 0 Å². The van der Waals surface area contributed by atoms with Crippen molar-refractivity contribution < 1.29 is 4.42 Å². The smallest absolute Gasteiger partial charge is 0.330 e. The van der Waals surface area contributed by atoms with E-state index in [-0.39, 0.29) is 11.7 Å². The van der Waals surface area contributed by atoms with Crippen molar-refractivity contribution in [2.45, 2.75) is 39.4 Å². The van der Waals surface area contributed by atoms with Crippen LogP contribution in [0.3, 0.4) is 0 Å². The van der Waals surface area contributed by atoms with Gasteiger partial charge in [0.05, 0.1) is 24.1 Å². The molecule has 3 aromatic rings. The third-order valence-electron chi connectivity index (χ3n) is 4.87. The lowest BCUT2D eigenvalue weighted by atomic mass is 10.2. The first-order valence-corrected chi connectivity index (χ1v) is 8.92. The number of nitrogens with zero attached hydrogens (tertiary/aromatic N) is 4. The number of furan rings is 1. The molecule has 25 heavy (non-hydrogen) atoms. The molecule has 0 amide bonds. The summed E-state index contributed by atoms with van der Waals surface area (Å²) >= 11 is 0. The lowest BCUT2D eigenvalue weighted by Gasteiger charge is -2.15. The summed E-state index contributed by atoms with van der Waals surface area (Å²) in [6.07, 6.45) is 6.23. The fourth-order valence-electron chi connectivity index (χ4n) is 3.79. The minimum Gasteiger partial charge on any atom is -0.472 e. The highest BCUT2D eigenvalue weighted by Crippen LogP contribution is 2.25. The largest absolute Gasteiger partial charge is 0.472 e. The van der Waals surface area contributed by atoms with E-state index in [1.54, 1.807) is 18.7 Å². The molecular weight excluding hydrogens is 316 g/mol. The van der Waals surface area contributed by atoms with Crippen LogP contribution in [-0.4, -0.2) is 32.1 Å². The van der Waals surface area contributed by atoms with Gasteiger partial charge in [-0.25, -0.2) is 9.78 Å². The summed E-state index contributed by atoms with van der Waals surface area (Å²) < 4.78 is 8.95. The molecule has 3 aromatic heterocycles.